The number of primary sulfonamides is 1. The number of nitrogens with two attached hydrogens (primary N) is 1. The molecule has 0 bridgehead atoms. The molecule has 5 nitrogen and oxygen atoms in total. The predicted octanol–water partition coefficient (Wildman–Crippen LogP) is 2.49. The standard InChI is InChI=1S/C13H13IN2O3S2/c1-8(11-6-7-12(20-11)21(15,18)19)16-13(17)9-4-2-3-5-10(9)14/h2-8H,1H3,(H,16,17)(H2,15,18,19). The van der Waals surface area contributed by atoms with E-state index in [-0.39, 0.29) is 16.2 Å². The van der Waals surface area contributed by atoms with Crippen molar-refractivity contribution in [1.82, 2.24) is 5.32 Å². The Morgan fingerprint density at radius 3 is 2.52 bits per heavy atom. The Labute approximate surface area is 140 Å². The van der Waals surface area contributed by atoms with Gasteiger partial charge in [-0.15, -0.1) is 11.3 Å². The van der Waals surface area contributed by atoms with Crippen molar-refractivity contribution in [3.05, 3.63) is 50.4 Å². The molecule has 3 N–H and O–H groups in total. The Morgan fingerprint density at radius 2 is 1.95 bits per heavy atom. The summed E-state index contributed by atoms with van der Waals surface area (Å²) < 4.78 is 23.5. The lowest BCUT2D eigenvalue weighted by atomic mass is 10.2. The summed E-state index contributed by atoms with van der Waals surface area (Å²) in [5.41, 5.74) is 0.591. The van der Waals surface area contributed by atoms with Crippen molar-refractivity contribution in [2.45, 2.75) is 17.2 Å². The third kappa shape index (κ3) is 4.02. The van der Waals surface area contributed by atoms with Crippen LogP contribution >= 0.6 is 33.9 Å². The molecule has 0 saturated heterocycles. The van der Waals surface area contributed by atoms with Gasteiger partial charge in [0.05, 0.1) is 11.6 Å². The fourth-order valence-corrected chi connectivity index (χ4v) is 4.09. The van der Waals surface area contributed by atoms with Gasteiger partial charge in [-0.3, -0.25) is 4.79 Å². The van der Waals surface area contributed by atoms with Gasteiger partial charge in [-0.05, 0) is 53.8 Å². The molecule has 2 aromatic rings. The Morgan fingerprint density at radius 1 is 1.29 bits per heavy atom. The summed E-state index contributed by atoms with van der Waals surface area (Å²) in [7, 11) is -3.70. The number of rotatable bonds is 4. The zero-order valence-corrected chi connectivity index (χ0v) is 14.8. The molecule has 1 unspecified atom stereocenters. The highest BCUT2D eigenvalue weighted by Gasteiger charge is 2.17. The van der Waals surface area contributed by atoms with Gasteiger partial charge >= 0.3 is 0 Å². The highest BCUT2D eigenvalue weighted by molar-refractivity contribution is 14.1. The van der Waals surface area contributed by atoms with Gasteiger partial charge in [0.25, 0.3) is 5.91 Å². The van der Waals surface area contributed by atoms with Crippen LogP contribution in [0.2, 0.25) is 0 Å². The van der Waals surface area contributed by atoms with Gasteiger partial charge < -0.3 is 5.32 Å². The molecule has 1 atom stereocenters. The van der Waals surface area contributed by atoms with E-state index in [9.17, 15) is 13.2 Å². The van der Waals surface area contributed by atoms with Crippen LogP contribution in [0.15, 0.2) is 40.6 Å². The Hall–Kier alpha value is -0.970. The summed E-state index contributed by atoms with van der Waals surface area (Å²) in [4.78, 5) is 12.9. The molecule has 8 heteroatoms. The number of benzene rings is 1. The topological polar surface area (TPSA) is 89.3 Å². The number of amides is 1. The van der Waals surface area contributed by atoms with Gasteiger partial charge in [-0.1, -0.05) is 12.1 Å². The minimum Gasteiger partial charge on any atom is -0.345 e. The van der Waals surface area contributed by atoms with Gasteiger partial charge in [-0.25, -0.2) is 13.6 Å². The fraction of sp³-hybridized carbons (Fsp3) is 0.154. The van der Waals surface area contributed by atoms with E-state index in [1.165, 1.54) is 6.07 Å². The van der Waals surface area contributed by atoms with Crippen LogP contribution in [0, 0.1) is 3.57 Å². The van der Waals surface area contributed by atoms with Crippen LogP contribution in [-0.2, 0) is 10.0 Å². The number of carbonyl (C=O) groups is 1. The van der Waals surface area contributed by atoms with Gasteiger partial charge in [-0.2, -0.15) is 0 Å². The number of thiophene rings is 1. The van der Waals surface area contributed by atoms with Crippen LogP contribution < -0.4 is 10.5 Å². The van der Waals surface area contributed by atoms with E-state index in [1.807, 2.05) is 12.1 Å². The lowest BCUT2D eigenvalue weighted by molar-refractivity contribution is 0.0939. The molecule has 112 valence electrons. The van der Waals surface area contributed by atoms with E-state index < -0.39 is 10.0 Å². The second-order valence-electron chi connectivity index (χ2n) is 4.38. The third-order valence-electron chi connectivity index (χ3n) is 2.78. The summed E-state index contributed by atoms with van der Waals surface area (Å²) in [6.07, 6.45) is 0. The normalized spacial score (nSPS) is 12.9. The minimum absolute atomic E-state index is 0.0906. The number of carbonyl (C=O) groups excluding carboxylic acids is 1. The van der Waals surface area contributed by atoms with Crippen molar-refractivity contribution in [3.63, 3.8) is 0 Å². The molecular formula is C13H13IN2O3S2. The van der Waals surface area contributed by atoms with Gasteiger partial charge in [0.15, 0.2) is 0 Å². The Balaban J connectivity index is 2.15. The summed E-state index contributed by atoms with van der Waals surface area (Å²) in [5.74, 6) is -0.196. The quantitative estimate of drug-likeness (QED) is 0.722. The zero-order valence-electron chi connectivity index (χ0n) is 11.0. The van der Waals surface area contributed by atoms with Gasteiger partial charge in [0, 0.05) is 8.45 Å². The molecule has 0 saturated carbocycles. The molecule has 0 fully saturated rings. The van der Waals surface area contributed by atoms with E-state index in [4.69, 9.17) is 5.14 Å². The largest absolute Gasteiger partial charge is 0.345 e. The van der Waals surface area contributed by atoms with Crippen molar-refractivity contribution in [2.24, 2.45) is 5.14 Å². The van der Waals surface area contributed by atoms with Crippen LogP contribution in [0.25, 0.3) is 0 Å². The Bertz CT molecular complexity index is 771. The molecule has 0 aliphatic heterocycles. The fourth-order valence-electron chi connectivity index (χ4n) is 1.71. The summed E-state index contributed by atoms with van der Waals surface area (Å²) >= 11 is 3.16. The molecule has 21 heavy (non-hydrogen) atoms. The van der Waals surface area contributed by atoms with E-state index in [1.54, 1.807) is 25.1 Å². The predicted molar refractivity (Wildman–Crippen MR) is 90.7 cm³/mol. The minimum atomic E-state index is -3.70. The van der Waals surface area contributed by atoms with Crippen molar-refractivity contribution in [1.29, 1.82) is 0 Å². The van der Waals surface area contributed by atoms with E-state index in [0.717, 1.165) is 19.8 Å². The molecule has 0 aliphatic carbocycles. The number of nitrogens with one attached hydrogen (secondary N) is 1. The maximum atomic E-state index is 12.2. The molecule has 1 heterocycles. The van der Waals surface area contributed by atoms with Crippen LogP contribution in [0.3, 0.4) is 0 Å². The smallest absolute Gasteiger partial charge is 0.252 e. The molecule has 1 amide bonds. The first-order valence-corrected chi connectivity index (χ1v) is 9.41. The second-order valence-corrected chi connectivity index (χ2v) is 8.44. The first-order valence-electron chi connectivity index (χ1n) is 5.97. The van der Waals surface area contributed by atoms with Crippen LogP contribution in [0.5, 0.6) is 0 Å². The van der Waals surface area contributed by atoms with Gasteiger partial charge in [0.2, 0.25) is 10.0 Å². The highest BCUT2D eigenvalue weighted by atomic mass is 127. The summed E-state index contributed by atoms with van der Waals surface area (Å²) in [6.45, 7) is 1.80. The van der Waals surface area contributed by atoms with Gasteiger partial charge in [0.1, 0.15) is 4.21 Å². The second kappa shape index (κ2) is 6.42. The van der Waals surface area contributed by atoms with Crippen LogP contribution in [0.1, 0.15) is 28.2 Å². The third-order valence-corrected chi connectivity index (χ3v) is 6.42. The van der Waals surface area contributed by atoms with Crippen molar-refractivity contribution in [3.8, 4) is 0 Å². The van der Waals surface area contributed by atoms with Crippen LogP contribution in [0.4, 0.5) is 0 Å². The van der Waals surface area contributed by atoms with Crippen molar-refractivity contribution < 1.29 is 13.2 Å². The maximum absolute atomic E-state index is 12.2. The monoisotopic (exact) mass is 436 g/mol. The molecule has 1 aromatic heterocycles. The van der Waals surface area contributed by atoms with Crippen molar-refractivity contribution in [2.75, 3.05) is 0 Å². The number of hydrogen-bond donors (Lipinski definition) is 2. The lowest BCUT2D eigenvalue weighted by Gasteiger charge is -2.13. The SMILES string of the molecule is CC(NC(=O)c1ccccc1I)c1ccc(S(N)(=O)=O)s1. The number of sulfonamides is 1. The maximum Gasteiger partial charge on any atom is 0.252 e. The molecule has 0 spiro atoms. The molecule has 0 aliphatic rings. The zero-order chi connectivity index (χ0) is 15.6. The number of hydrogen-bond acceptors (Lipinski definition) is 4. The summed E-state index contributed by atoms with van der Waals surface area (Å²) in [5, 5.41) is 7.93. The first-order chi connectivity index (χ1) is 9.79. The van der Waals surface area contributed by atoms with E-state index >= 15 is 0 Å². The van der Waals surface area contributed by atoms with E-state index in [0.29, 0.717) is 5.56 Å². The molecule has 2 rings (SSSR count). The molecule has 0 radical (unpaired) electrons. The summed E-state index contributed by atoms with van der Waals surface area (Å²) in [6, 6.07) is 10.1. The Kier molecular flexibility index (Phi) is 5.02. The average Bonchev–Trinajstić information content (AvgIpc) is 2.88. The molecule has 1 aromatic carbocycles. The molecular weight excluding hydrogens is 423 g/mol. The lowest BCUT2D eigenvalue weighted by Crippen LogP contribution is -2.26. The first kappa shape index (κ1) is 16.4. The van der Waals surface area contributed by atoms with Crippen molar-refractivity contribution >= 4 is 49.9 Å². The number of halogens is 1. The van der Waals surface area contributed by atoms with Crippen LogP contribution in [-0.4, -0.2) is 14.3 Å². The average molecular weight is 436 g/mol. The highest BCUT2D eigenvalue weighted by Crippen LogP contribution is 2.26. The van der Waals surface area contributed by atoms with E-state index in [2.05, 4.69) is 27.9 Å².